The summed E-state index contributed by atoms with van der Waals surface area (Å²) in [6, 6.07) is 12.0. The Hall–Kier alpha value is -1.61. The third-order valence-electron chi connectivity index (χ3n) is 2.28. The highest BCUT2D eigenvalue weighted by molar-refractivity contribution is 7.18. The van der Waals surface area contributed by atoms with Crippen molar-refractivity contribution in [3.63, 3.8) is 0 Å². The van der Waals surface area contributed by atoms with Crippen molar-refractivity contribution < 1.29 is 4.79 Å². The summed E-state index contributed by atoms with van der Waals surface area (Å²) in [7, 11) is 0. The van der Waals surface area contributed by atoms with Crippen LogP contribution in [0, 0.1) is 6.92 Å². The molecule has 0 aliphatic carbocycles. The van der Waals surface area contributed by atoms with Crippen LogP contribution in [0.1, 0.15) is 22.2 Å². The number of benzene rings is 1. The summed E-state index contributed by atoms with van der Waals surface area (Å²) in [6.07, 6.45) is 0. The lowest BCUT2D eigenvalue weighted by Crippen LogP contribution is -1.88. The van der Waals surface area contributed by atoms with Crippen LogP contribution in [0.2, 0.25) is 0 Å². The van der Waals surface area contributed by atoms with Crippen LogP contribution < -0.4 is 5.32 Å². The van der Waals surface area contributed by atoms with Gasteiger partial charge in [-0.05, 0) is 37.6 Å². The lowest BCUT2D eigenvalue weighted by molar-refractivity contribution is 0.102. The van der Waals surface area contributed by atoms with Gasteiger partial charge in [-0.15, -0.1) is 11.3 Å². The van der Waals surface area contributed by atoms with Gasteiger partial charge in [0.25, 0.3) is 0 Å². The quantitative estimate of drug-likeness (QED) is 0.809. The van der Waals surface area contributed by atoms with Crippen molar-refractivity contribution in [2.24, 2.45) is 0 Å². The average molecular weight is 231 g/mol. The zero-order valence-corrected chi connectivity index (χ0v) is 10.1. The second kappa shape index (κ2) is 4.49. The van der Waals surface area contributed by atoms with Crippen molar-refractivity contribution in [3.8, 4) is 0 Å². The molecule has 1 aromatic carbocycles. The lowest BCUT2D eigenvalue weighted by atomic mass is 10.2. The number of hydrogen-bond donors (Lipinski definition) is 1. The number of nitrogens with one attached hydrogen (secondary N) is 1. The number of thiophene rings is 1. The summed E-state index contributed by atoms with van der Waals surface area (Å²) in [6.45, 7) is 3.56. The largest absolute Gasteiger partial charge is 0.347 e. The molecule has 1 N–H and O–H groups in total. The highest BCUT2D eigenvalue weighted by Crippen LogP contribution is 2.29. The topological polar surface area (TPSA) is 29.1 Å². The highest BCUT2D eigenvalue weighted by atomic mass is 32.1. The minimum absolute atomic E-state index is 0.128. The first-order valence-corrected chi connectivity index (χ1v) is 5.92. The highest BCUT2D eigenvalue weighted by Gasteiger charge is 2.09. The van der Waals surface area contributed by atoms with E-state index in [0.29, 0.717) is 0 Å². The molecule has 0 aliphatic heterocycles. The number of rotatable bonds is 3. The van der Waals surface area contributed by atoms with Crippen molar-refractivity contribution in [1.82, 2.24) is 0 Å². The van der Waals surface area contributed by atoms with E-state index in [4.69, 9.17) is 0 Å². The van der Waals surface area contributed by atoms with Crippen molar-refractivity contribution in [1.29, 1.82) is 0 Å². The van der Waals surface area contributed by atoms with Gasteiger partial charge < -0.3 is 5.32 Å². The normalized spacial score (nSPS) is 10.1. The molecule has 0 radical (unpaired) electrons. The van der Waals surface area contributed by atoms with Crippen LogP contribution >= 0.6 is 11.3 Å². The van der Waals surface area contributed by atoms with Crippen molar-refractivity contribution in [3.05, 3.63) is 46.8 Å². The molecule has 0 amide bonds. The number of Topliss-reactive ketones (excluding diaryl/α,β-unsaturated/α-hetero) is 1. The molecule has 82 valence electrons. The van der Waals surface area contributed by atoms with Crippen LogP contribution in [0.25, 0.3) is 0 Å². The maximum absolute atomic E-state index is 11.3. The van der Waals surface area contributed by atoms with Gasteiger partial charge in [0.2, 0.25) is 0 Å². The van der Waals surface area contributed by atoms with Crippen LogP contribution in [0.4, 0.5) is 10.7 Å². The molecule has 1 aromatic heterocycles. The minimum Gasteiger partial charge on any atom is -0.347 e. The number of carbonyl (C=O) groups is 1. The summed E-state index contributed by atoms with van der Waals surface area (Å²) in [5, 5.41) is 4.29. The van der Waals surface area contributed by atoms with Gasteiger partial charge in [0, 0.05) is 5.69 Å². The van der Waals surface area contributed by atoms with Crippen LogP contribution in [0.5, 0.6) is 0 Å². The molecule has 0 saturated carbocycles. The van der Waals surface area contributed by atoms with Gasteiger partial charge in [-0.3, -0.25) is 4.79 Å². The Morgan fingerprint density at radius 3 is 2.50 bits per heavy atom. The predicted molar refractivity (Wildman–Crippen MR) is 68.8 cm³/mol. The molecule has 2 nitrogen and oxygen atoms in total. The fourth-order valence-corrected chi connectivity index (χ4v) is 2.55. The molecule has 2 rings (SSSR count). The van der Waals surface area contributed by atoms with Crippen LogP contribution in [-0.2, 0) is 0 Å². The van der Waals surface area contributed by atoms with Crippen molar-refractivity contribution in [2.45, 2.75) is 13.8 Å². The first-order valence-electron chi connectivity index (χ1n) is 5.10. The molecule has 0 aliphatic rings. The van der Waals surface area contributed by atoms with Gasteiger partial charge in [0.1, 0.15) is 0 Å². The Bertz CT molecular complexity index is 502. The molecule has 0 fully saturated rings. The van der Waals surface area contributed by atoms with Gasteiger partial charge in [0.15, 0.2) is 5.78 Å². The van der Waals surface area contributed by atoms with E-state index in [9.17, 15) is 4.79 Å². The molecule has 1 heterocycles. The maximum atomic E-state index is 11.3. The number of para-hydroxylation sites is 1. The standard InChI is InChI=1S/C13H13NOS/c1-9-8-12(16-13(9)10(2)15)14-11-6-4-3-5-7-11/h3-8,14H,1-2H3. The van der Waals surface area contributed by atoms with E-state index in [1.54, 1.807) is 6.92 Å². The minimum atomic E-state index is 0.128. The van der Waals surface area contributed by atoms with E-state index < -0.39 is 0 Å². The van der Waals surface area contributed by atoms with E-state index in [1.807, 2.05) is 43.3 Å². The van der Waals surface area contributed by atoms with Crippen molar-refractivity contribution in [2.75, 3.05) is 5.32 Å². The molecular weight excluding hydrogens is 218 g/mol. The van der Waals surface area contributed by atoms with Crippen molar-refractivity contribution >= 4 is 27.8 Å². The van der Waals surface area contributed by atoms with Crippen LogP contribution in [0.15, 0.2) is 36.4 Å². The van der Waals surface area contributed by atoms with Gasteiger partial charge in [-0.1, -0.05) is 18.2 Å². The van der Waals surface area contributed by atoms with Gasteiger partial charge in [-0.25, -0.2) is 0 Å². The average Bonchev–Trinajstić information content (AvgIpc) is 2.61. The summed E-state index contributed by atoms with van der Waals surface area (Å²) < 4.78 is 0. The molecule has 2 aromatic rings. The van der Waals surface area contributed by atoms with E-state index in [2.05, 4.69) is 5.32 Å². The fraction of sp³-hybridized carbons (Fsp3) is 0.154. The van der Waals surface area contributed by atoms with E-state index in [-0.39, 0.29) is 5.78 Å². The van der Waals surface area contributed by atoms with Gasteiger partial charge in [0.05, 0.1) is 9.88 Å². The molecule has 0 spiro atoms. The van der Waals surface area contributed by atoms with E-state index >= 15 is 0 Å². The molecular formula is C13H13NOS. The first kappa shape index (κ1) is 10.9. The molecule has 16 heavy (non-hydrogen) atoms. The molecule has 0 saturated heterocycles. The number of ketones is 1. The Balaban J connectivity index is 2.23. The third-order valence-corrected chi connectivity index (χ3v) is 3.53. The maximum Gasteiger partial charge on any atom is 0.170 e. The smallest absolute Gasteiger partial charge is 0.170 e. The number of anilines is 2. The Morgan fingerprint density at radius 1 is 1.25 bits per heavy atom. The zero-order valence-electron chi connectivity index (χ0n) is 9.28. The summed E-state index contributed by atoms with van der Waals surface area (Å²) in [4.78, 5) is 12.1. The van der Waals surface area contributed by atoms with Gasteiger partial charge >= 0.3 is 0 Å². The molecule has 0 unspecified atom stereocenters. The third kappa shape index (κ3) is 2.31. The Kier molecular flexibility index (Phi) is 3.06. The first-order chi connectivity index (χ1) is 7.66. The Labute approximate surface area is 98.9 Å². The molecule has 3 heteroatoms. The second-order valence-electron chi connectivity index (χ2n) is 3.67. The summed E-state index contributed by atoms with van der Waals surface area (Å²) in [5.41, 5.74) is 2.08. The van der Waals surface area contributed by atoms with Crippen LogP contribution in [0.3, 0.4) is 0 Å². The van der Waals surface area contributed by atoms with Crippen LogP contribution in [-0.4, -0.2) is 5.78 Å². The monoisotopic (exact) mass is 231 g/mol. The lowest BCUT2D eigenvalue weighted by Gasteiger charge is -2.01. The fourth-order valence-electron chi connectivity index (χ4n) is 1.56. The summed E-state index contributed by atoms with van der Waals surface area (Å²) in [5.74, 6) is 0.128. The number of carbonyl (C=O) groups excluding carboxylic acids is 1. The van der Waals surface area contributed by atoms with E-state index in [1.165, 1.54) is 11.3 Å². The molecule has 0 bridgehead atoms. The SMILES string of the molecule is CC(=O)c1sc(Nc2ccccc2)cc1C. The Morgan fingerprint density at radius 2 is 1.94 bits per heavy atom. The second-order valence-corrected chi connectivity index (χ2v) is 4.72. The van der Waals surface area contributed by atoms with Gasteiger partial charge in [-0.2, -0.15) is 0 Å². The number of aryl methyl sites for hydroxylation is 1. The van der Waals surface area contributed by atoms with E-state index in [0.717, 1.165) is 21.1 Å². The number of hydrogen-bond acceptors (Lipinski definition) is 3. The molecule has 0 atom stereocenters. The zero-order chi connectivity index (χ0) is 11.5. The summed E-state index contributed by atoms with van der Waals surface area (Å²) >= 11 is 1.50. The predicted octanol–water partition coefficient (Wildman–Crippen LogP) is 4.00.